The minimum absolute atomic E-state index is 0.532. The smallest absolute Gasteiger partial charge is 0.119 e. The van der Waals surface area contributed by atoms with Crippen LogP contribution in [0.15, 0.2) is 41.8 Å². The lowest BCUT2D eigenvalue weighted by atomic mass is 10.1. The van der Waals surface area contributed by atoms with Crippen molar-refractivity contribution in [3.05, 3.63) is 52.2 Å². The van der Waals surface area contributed by atoms with Crippen LogP contribution in [0.4, 0.5) is 0 Å². The van der Waals surface area contributed by atoms with Crippen molar-refractivity contribution in [1.29, 1.82) is 0 Å². The van der Waals surface area contributed by atoms with Crippen molar-refractivity contribution in [2.45, 2.75) is 13.0 Å². The van der Waals surface area contributed by atoms with Gasteiger partial charge in [0.2, 0.25) is 0 Å². The molecular formula is C13H14O2S. The van der Waals surface area contributed by atoms with E-state index < -0.39 is 6.10 Å². The van der Waals surface area contributed by atoms with Crippen molar-refractivity contribution in [3.8, 4) is 5.75 Å². The molecule has 0 aliphatic rings. The average Bonchev–Trinajstić information content (AvgIpc) is 2.83. The highest BCUT2D eigenvalue weighted by Gasteiger charge is 2.10. The van der Waals surface area contributed by atoms with Gasteiger partial charge in [0.25, 0.3) is 0 Å². The fourth-order valence-corrected chi connectivity index (χ4v) is 2.26. The third-order valence-electron chi connectivity index (χ3n) is 2.32. The monoisotopic (exact) mass is 234 g/mol. The van der Waals surface area contributed by atoms with Crippen molar-refractivity contribution in [3.63, 3.8) is 0 Å². The first kappa shape index (κ1) is 11.2. The summed E-state index contributed by atoms with van der Waals surface area (Å²) in [7, 11) is 0. The maximum absolute atomic E-state index is 10.1. The molecule has 2 nitrogen and oxygen atoms in total. The first-order chi connectivity index (χ1) is 7.81. The van der Waals surface area contributed by atoms with Gasteiger partial charge in [0.05, 0.1) is 6.61 Å². The van der Waals surface area contributed by atoms with Gasteiger partial charge in [-0.2, -0.15) is 0 Å². The maximum atomic E-state index is 10.1. The van der Waals surface area contributed by atoms with Crippen LogP contribution in [0.1, 0.15) is 23.5 Å². The van der Waals surface area contributed by atoms with Crippen LogP contribution in [0, 0.1) is 0 Å². The summed E-state index contributed by atoms with van der Waals surface area (Å²) in [6.07, 6.45) is -0.532. The molecule has 1 N–H and O–H groups in total. The molecule has 0 fully saturated rings. The SMILES string of the molecule is CCOc1ccc([C@@H](O)c2cccs2)cc1. The molecule has 0 saturated heterocycles. The van der Waals surface area contributed by atoms with Crippen LogP contribution in [-0.2, 0) is 0 Å². The lowest BCUT2D eigenvalue weighted by Gasteiger charge is -2.09. The summed E-state index contributed by atoms with van der Waals surface area (Å²) < 4.78 is 5.35. The topological polar surface area (TPSA) is 29.5 Å². The molecule has 0 aliphatic heterocycles. The number of benzene rings is 1. The molecule has 0 spiro atoms. The normalized spacial score (nSPS) is 12.4. The molecule has 1 heterocycles. The van der Waals surface area contributed by atoms with Gasteiger partial charge in [0, 0.05) is 4.88 Å². The van der Waals surface area contributed by atoms with Crippen LogP contribution in [0.2, 0.25) is 0 Å². The molecule has 0 amide bonds. The Morgan fingerprint density at radius 1 is 1.25 bits per heavy atom. The van der Waals surface area contributed by atoms with Gasteiger partial charge in [-0.15, -0.1) is 11.3 Å². The van der Waals surface area contributed by atoms with Gasteiger partial charge in [-0.3, -0.25) is 0 Å². The highest BCUT2D eigenvalue weighted by Crippen LogP contribution is 2.26. The number of hydrogen-bond acceptors (Lipinski definition) is 3. The van der Waals surface area contributed by atoms with Crippen LogP contribution in [0.25, 0.3) is 0 Å². The quantitative estimate of drug-likeness (QED) is 0.880. The summed E-state index contributed by atoms with van der Waals surface area (Å²) in [4.78, 5) is 0.962. The number of ether oxygens (including phenoxy) is 1. The van der Waals surface area contributed by atoms with Crippen molar-refractivity contribution >= 4 is 11.3 Å². The molecule has 1 aromatic heterocycles. The van der Waals surface area contributed by atoms with Crippen LogP contribution in [0.5, 0.6) is 5.75 Å². The van der Waals surface area contributed by atoms with Crippen LogP contribution in [0.3, 0.4) is 0 Å². The molecule has 84 valence electrons. The van der Waals surface area contributed by atoms with Gasteiger partial charge < -0.3 is 9.84 Å². The Kier molecular flexibility index (Phi) is 3.59. The van der Waals surface area contributed by atoms with E-state index in [4.69, 9.17) is 4.74 Å². The predicted molar refractivity (Wildman–Crippen MR) is 66.0 cm³/mol. The molecule has 3 heteroatoms. The Labute approximate surface area is 99.1 Å². The second kappa shape index (κ2) is 5.14. The number of rotatable bonds is 4. The van der Waals surface area contributed by atoms with E-state index in [1.165, 1.54) is 0 Å². The minimum atomic E-state index is -0.532. The van der Waals surface area contributed by atoms with E-state index in [0.29, 0.717) is 6.61 Å². The second-order valence-electron chi connectivity index (χ2n) is 3.42. The molecule has 16 heavy (non-hydrogen) atoms. The lowest BCUT2D eigenvalue weighted by molar-refractivity contribution is 0.224. The second-order valence-corrected chi connectivity index (χ2v) is 4.40. The van der Waals surface area contributed by atoms with Crippen LogP contribution >= 0.6 is 11.3 Å². The van der Waals surface area contributed by atoms with Crippen molar-refractivity contribution in [1.82, 2.24) is 0 Å². The van der Waals surface area contributed by atoms with Crippen molar-refractivity contribution < 1.29 is 9.84 Å². The fourth-order valence-electron chi connectivity index (χ4n) is 1.52. The zero-order valence-corrected chi connectivity index (χ0v) is 9.91. The standard InChI is InChI=1S/C13H14O2S/c1-2-15-11-7-5-10(6-8-11)13(14)12-4-3-9-16-12/h3-9,13-14H,2H2,1H3/t13-/m1/s1. The summed E-state index contributed by atoms with van der Waals surface area (Å²) in [5, 5.41) is 12.0. The van der Waals surface area contributed by atoms with E-state index in [9.17, 15) is 5.11 Å². The van der Waals surface area contributed by atoms with E-state index in [1.807, 2.05) is 48.7 Å². The van der Waals surface area contributed by atoms with Crippen LogP contribution < -0.4 is 4.74 Å². The van der Waals surface area contributed by atoms with Crippen LogP contribution in [-0.4, -0.2) is 11.7 Å². The number of hydrogen-bond donors (Lipinski definition) is 1. The highest BCUT2D eigenvalue weighted by molar-refractivity contribution is 7.10. The summed E-state index contributed by atoms with van der Waals surface area (Å²) in [6, 6.07) is 11.4. The Morgan fingerprint density at radius 3 is 2.56 bits per heavy atom. The summed E-state index contributed by atoms with van der Waals surface area (Å²) >= 11 is 1.56. The Balaban J connectivity index is 2.15. The van der Waals surface area contributed by atoms with E-state index in [2.05, 4.69) is 0 Å². The third kappa shape index (κ3) is 2.43. The van der Waals surface area contributed by atoms with Gasteiger partial charge in [-0.25, -0.2) is 0 Å². The Hall–Kier alpha value is -1.32. The van der Waals surface area contributed by atoms with E-state index in [-0.39, 0.29) is 0 Å². The Bertz CT molecular complexity index is 420. The molecular weight excluding hydrogens is 220 g/mol. The first-order valence-corrected chi connectivity index (χ1v) is 6.13. The predicted octanol–water partition coefficient (Wildman–Crippen LogP) is 3.23. The van der Waals surface area contributed by atoms with E-state index in [0.717, 1.165) is 16.2 Å². The van der Waals surface area contributed by atoms with E-state index in [1.54, 1.807) is 11.3 Å². The largest absolute Gasteiger partial charge is 0.494 e. The van der Waals surface area contributed by atoms with Crippen molar-refractivity contribution in [2.75, 3.05) is 6.61 Å². The minimum Gasteiger partial charge on any atom is -0.494 e. The molecule has 0 aliphatic carbocycles. The van der Waals surface area contributed by atoms with Gasteiger partial charge in [-0.05, 0) is 36.1 Å². The third-order valence-corrected chi connectivity index (χ3v) is 3.24. The lowest BCUT2D eigenvalue weighted by Crippen LogP contribution is -1.97. The van der Waals surface area contributed by atoms with E-state index >= 15 is 0 Å². The summed E-state index contributed by atoms with van der Waals surface area (Å²) in [6.45, 7) is 2.61. The molecule has 0 saturated carbocycles. The summed E-state index contributed by atoms with van der Waals surface area (Å²) in [5.74, 6) is 0.838. The molecule has 2 aromatic rings. The number of thiophene rings is 1. The Morgan fingerprint density at radius 2 is 2.00 bits per heavy atom. The van der Waals surface area contributed by atoms with Gasteiger partial charge in [0.1, 0.15) is 11.9 Å². The average molecular weight is 234 g/mol. The molecule has 0 radical (unpaired) electrons. The van der Waals surface area contributed by atoms with Crippen molar-refractivity contribution in [2.24, 2.45) is 0 Å². The van der Waals surface area contributed by atoms with Gasteiger partial charge in [-0.1, -0.05) is 18.2 Å². The molecule has 0 unspecified atom stereocenters. The summed E-state index contributed by atoms with van der Waals surface area (Å²) in [5.41, 5.74) is 0.894. The maximum Gasteiger partial charge on any atom is 0.119 e. The molecule has 1 atom stereocenters. The van der Waals surface area contributed by atoms with Gasteiger partial charge in [0.15, 0.2) is 0 Å². The van der Waals surface area contributed by atoms with Gasteiger partial charge >= 0.3 is 0 Å². The molecule has 1 aromatic carbocycles. The number of aliphatic hydroxyl groups excluding tert-OH is 1. The first-order valence-electron chi connectivity index (χ1n) is 5.25. The zero-order valence-electron chi connectivity index (χ0n) is 9.09. The zero-order chi connectivity index (χ0) is 11.4. The molecule has 2 rings (SSSR count). The molecule has 0 bridgehead atoms. The fraction of sp³-hybridized carbons (Fsp3) is 0.231. The number of aliphatic hydroxyl groups is 1. The highest BCUT2D eigenvalue weighted by atomic mass is 32.1.